The molecule has 0 saturated heterocycles. The summed E-state index contributed by atoms with van der Waals surface area (Å²) in [7, 11) is 0. The molecule has 1 aliphatic heterocycles. The van der Waals surface area contributed by atoms with E-state index in [0.29, 0.717) is 18.7 Å². The van der Waals surface area contributed by atoms with E-state index >= 15 is 0 Å². The number of fused-ring (bicyclic) bond motifs is 1. The lowest BCUT2D eigenvalue weighted by Gasteiger charge is -2.05. The lowest BCUT2D eigenvalue weighted by molar-refractivity contribution is 0.0535. The van der Waals surface area contributed by atoms with Crippen molar-refractivity contribution in [3.05, 3.63) is 76.9 Å². The predicted molar refractivity (Wildman–Crippen MR) is 89.2 cm³/mol. The molecule has 1 N–H and O–H groups in total. The predicted octanol–water partition coefficient (Wildman–Crippen LogP) is 3.30. The van der Waals surface area contributed by atoms with E-state index in [4.69, 9.17) is 9.47 Å². The smallest absolute Gasteiger partial charge is 0.407 e. The van der Waals surface area contributed by atoms with Gasteiger partial charge in [-0.1, -0.05) is 48.6 Å². The first-order valence-electron chi connectivity index (χ1n) is 7.63. The van der Waals surface area contributed by atoms with Gasteiger partial charge in [-0.3, -0.25) is 0 Å². The third-order valence-corrected chi connectivity index (χ3v) is 3.60. The zero-order valence-corrected chi connectivity index (χ0v) is 13.0. The summed E-state index contributed by atoms with van der Waals surface area (Å²) in [5, 5.41) is 2.66. The number of nitrogens with one attached hydrogen (secondary N) is 1. The molecule has 0 aromatic heterocycles. The van der Waals surface area contributed by atoms with Gasteiger partial charge in [0.05, 0.1) is 5.56 Å². The zero-order valence-electron chi connectivity index (χ0n) is 13.0. The zero-order chi connectivity index (χ0) is 16.8. The van der Waals surface area contributed by atoms with Crippen molar-refractivity contribution >= 4 is 18.1 Å². The number of ether oxygens (including phenoxy) is 2. The van der Waals surface area contributed by atoms with Gasteiger partial charge in [-0.25, -0.2) is 9.59 Å². The maximum atomic E-state index is 11.6. The van der Waals surface area contributed by atoms with Crippen LogP contribution in [0.3, 0.4) is 0 Å². The van der Waals surface area contributed by atoms with Gasteiger partial charge in [-0.05, 0) is 23.3 Å². The molecular weight excluding hydrogens is 306 g/mol. The van der Waals surface area contributed by atoms with Gasteiger partial charge in [0, 0.05) is 12.1 Å². The first kappa shape index (κ1) is 15.8. The molecule has 1 heterocycles. The fourth-order valence-electron chi connectivity index (χ4n) is 2.37. The number of esters is 1. The van der Waals surface area contributed by atoms with E-state index in [1.165, 1.54) is 0 Å². The number of carbonyl (C=O) groups excluding carboxylic acids is 2. The second-order valence-corrected chi connectivity index (χ2v) is 5.34. The molecule has 0 fully saturated rings. The van der Waals surface area contributed by atoms with Gasteiger partial charge < -0.3 is 14.8 Å². The van der Waals surface area contributed by atoms with Crippen LogP contribution in [0.1, 0.15) is 27.0 Å². The lowest BCUT2D eigenvalue weighted by atomic mass is 10.1. The Morgan fingerprint density at radius 1 is 1.21 bits per heavy atom. The Bertz CT molecular complexity index is 768. The molecule has 0 saturated carbocycles. The third-order valence-electron chi connectivity index (χ3n) is 3.60. The number of benzene rings is 2. The Kier molecular flexibility index (Phi) is 4.91. The highest BCUT2D eigenvalue weighted by molar-refractivity contribution is 5.93. The van der Waals surface area contributed by atoms with Gasteiger partial charge in [0.15, 0.2) is 0 Å². The summed E-state index contributed by atoms with van der Waals surface area (Å²) in [5.41, 5.74) is 3.40. The molecule has 0 atom stereocenters. The van der Waals surface area contributed by atoms with Gasteiger partial charge in [0.2, 0.25) is 0 Å². The van der Waals surface area contributed by atoms with Crippen LogP contribution in [-0.2, 0) is 22.7 Å². The standard InChI is InChI=1S/C19H17NO4/c21-18-17-9-8-14(11-16(17)13-23-18)7-4-10-20-19(22)24-12-15-5-2-1-3-6-15/h1-9,11H,10,12-13H2,(H,20,22). The molecule has 0 aliphatic carbocycles. The van der Waals surface area contributed by atoms with E-state index in [9.17, 15) is 9.59 Å². The Balaban J connectivity index is 1.43. The Labute approximate surface area is 139 Å². The average molecular weight is 323 g/mol. The van der Waals surface area contributed by atoms with Gasteiger partial charge in [-0.2, -0.15) is 0 Å². The Morgan fingerprint density at radius 3 is 2.88 bits per heavy atom. The highest BCUT2D eigenvalue weighted by atomic mass is 16.5. The van der Waals surface area contributed by atoms with Crippen LogP contribution < -0.4 is 5.32 Å². The van der Waals surface area contributed by atoms with Gasteiger partial charge in [0.1, 0.15) is 13.2 Å². The second kappa shape index (κ2) is 7.46. The maximum absolute atomic E-state index is 11.6. The molecule has 0 radical (unpaired) electrons. The van der Waals surface area contributed by atoms with Crippen LogP contribution in [0.4, 0.5) is 4.79 Å². The summed E-state index contributed by atoms with van der Waals surface area (Å²) >= 11 is 0. The molecule has 24 heavy (non-hydrogen) atoms. The van der Waals surface area contributed by atoms with E-state index in [2.05, 4.69) is 5.32 Å². The Hall–Kier alpha value is -3.08. The number of hydrogen-bond donors (Lipinski definition) is 1. The van der Waals surface area contributed by atoms with Crippen LogP contribution in [0.15, 0.2) is 54.6 Å². The van der Waals surface area contributed by atoms with Crippen molar-refractivity contribution in [3.63, 3.8) is 0 Å². The van der Waals surface area contributed by atoms with Crippen LogP contribution in [0.25, 0.3) is 6.08 Å². The third kappa shape index (κ3) is 4.01. The first-order chi connectivity index (χ1) is 11.7. The molecule has 1 amide bonds. The number of alkyl carbamates (subject to hydrolysis) is 1. The van der Waals surface area contributed by atoms with E-state index in [1.807, 2.05) is 54.6 Å². The van der Waals surface area contributed by atoms with Crippen LogP contribution >= 0.6 is 0 Å². The summed E-state index contributed by atoms with van der Waals surface area (Å²) in [4.78, 5) is 23.0. The Morgan fingerprint density at radius 2 is 2.04 bits per heavy atom. The lowest BCUT2D eigenvalue weighted by Crippen LogP contribution is -2.24. The minimum absolute atomic E-state index is 0.245. The van der Waals surface area contributed by atoms with E-state index < -0.39 is 6.09 Å². The van der Waals surface area contributed by atoms with Crippen LogP contribution in [0, 0.1) is 0 Å². The van der Waals surface area contributed by atoms with Crippen molar-refractivity contribution in [2.45, 2.75) is 13.2 Å². The van der Waals surface area contributed by atoms with E-state index in [-0.39, 0.29) is 12.6 Å². The normalized spacial score (nSPS) is 12.8. The van der Waals surface area contributed by atoms with Crippen LogP contribution in [0.5, 0.6) is 0 Å². The van der Waals surface area contributed by atoms with Gasteiger partial charge >= 0.3 is 12.1 Å². The molecule has 1 aliphatic rings. The number of rotatable bonds is 5. The molecule has 0 bridgehead atoms. The molecule has 122 valence electrons. The van der Waals surface area contributed by atoms with Crippen LogP contribution in [-0.4, -0.2) is 18.6 Å². The van der Waals surface area contributed by atoms with Crippen molar-refractivity contribution in [3.8, 4) is 0 Å². The fourth-order valence-corrected chi connectivity index (χ4v) is 2.37. The van der Waals surface area contributed by atoms with Gasteiger partial charge in [0.25, 0.3) is 0 Å². The molecule has 2 aromatic rings. The monoisotopic (exact) mass is 323 g/mol. The van der Waals surface area contributed by atoms with Crippen molar-refractivity contribution < 1.29 is 19.1 Å². The summed E-state index contributed by atoms with van der Waals surface area (Å²) in [6.07, 6.45) is 3.24. The molecular formula is C19H17NO4. The minimum atomic E-state index is -0.462. The van der Waals surface area contributed by atoms with E-state index in [0.717, 1.165) is 16.7 Å². The van der Waals surface area contributed by atoms with Crippen molar-refractivity contribution in [2.75, 3.05) is 6.54 Å². The highest BCUT2D eigenvalue weighted by Gasteiger charge is 2.20. The average Bonchev–Trinajstić information content (AvgIpc) is 2.98. The van der Waals surface area contributed by atoms with Crippen molar-refractivity contribution in [2.24, 2.45) is 0 Å². The largest absolute Gasteiger partial charge is 0.457 e. The van der Waals surface area contributed by atoms with Crippen molar-refractivity contribution in [1.29, 1.82) is 0 Å². The first-order valence-corrected chi connectivity index (χ1v) is 7.63. The second-order valence-electron chi connectivity index (χ2n) is 5.34. The summed E-state index contributed by atoms with van der Waals surface area (Å²) in [6, 6.07) is 15.0. The molecule has 3 rings (SSSR count). The molecule has 0 spiro atoms. The van der Waals surface area contributed by atoms with Crippen molar-refractivity contribution in [1.82, 2.24) is 5.32 Å². The molecule has 5 nitrogen and oxygen atoms in total. The highest BCUT2D eigenvalue weighted by Crippen LogP contribution is 2.21. The minimum Gasteiger partial charge on any atom is -0.457 e. The number of cyclic esters (lactones) is 1. The fraction of sp³-hybridized carbons (Fsp3) is 0.158. The number of carbonyl (C=O) groups is 2. The van der Waals surface area contributed by atoms with E-state index in [1.54, 1.807) is 6.07 Å². The van der Waals surface area contributed by atoms with Gasteiger partial charge in [-0.15, -0.1) is 0 Å². The van der Waals surface area contributed by atoms with Crippen LogP contribution in [0.2, 0.25) is 0 Å². The maximum Gasteiger partial charge on any atom is 0.407 e. The summed E-state index contributed by atoms with van der Waals surface area (Å²) in [6.45, 7) is 0.926. The number of amides is 1. The summed E-state index contributed by atoms with van der Waals surface area (Å²) in [5.74, 6) is -0.275. The summed E-state index contributed by atoms with van der Waals surface area (Å²) < 4.78 is 10.1. The molecule has 2 aromatic carbocycles. The molecule has 5 heteroatoms. The number of hydrogen-bond acceptors (Lipinski definition) is 4. The molecule has 0 unspecified atom stereocenters. The SMILES string of the molecule is O=C(NCC=Cc1ccc2c(c1)COC2=O)OCc1ccccc1. The quantitative estimate of drug-likeness (QED) is 0.858. The topological polar surface area (TPSA) is 64.6 Å².